The lowest BCUT2D eigenvalue weighted by atomic mass is 9.91. The van der Waals surface area contributed by atoms with Crippen molar-refractivity contribution in [1.82, 2.24) is 0 Å². The molecular formula is C13H15BrN2O. The molecular weight excluding hydrogens is 280 g/mol. The van der Waals surface area contributed by atoms with Crippen molar-refractivity contribution in [2.75, 3.05) is 0 Å². The minimum atomic E-state index is -0.398. The fourth-order valence-corrected chi connectivity index (χ4v) is 2.92. The van der Waals surface area contributed by atoms with Crippen molar-refractivity contribution in [1.29, 1.82) is 0 Å². The molecule has 1 aliphatic heterocycles. The molecule has 4 heteroatoms. The number of amidine groups is 1. The molecule has 0 aromatic carbocycles. The standard InChI is InChI=1S/C13H15BrN2O/c1-4-9-6-13(7-10(9)8(3)14)11(5-2)17-12(15)16-13/h2,4,11H,6-7H2,1,3H3,(H2,15,16). The molecule has 0 radical (unpaired) electrons. The first-order valence-corrected chi connectivity index (χ1v) is 6.30. The van der Waals surface area contributed by atoms with Gasteiger partial charge in [-0.1, -0.05) is 27.9 Å². The Morgan fingerprint density at radius 2 is 2.41 bits per heavy atom. The summed E-state index contributed by atoms with van der Waals surface area (Å²) in [6.07, 6.45) is 8.82. The lowest BCUT2D eigenvalue weighted by molar-refractivity contribution is 0.195. The topological polar surface area (TPSA) is 47.6 Å². The Balaban J connectivity index is 2.45. The fourth-order valence-electron chi connectivity index (χ4n) is 2.53. The minimum Gasteiger partial charge on any atom is -0.446 e. The van der Waals surface area contributed by atoms with E-state index in [2.05, 4.69) is 32.9 Å². The van der Waals surface area contributed by atoms with Crippen LogP contribution in [0.2, 0.25) is 0 Å². The van der Waals surface area contributed by atoms with Crippen molar-refractivity contribution in [3.8, 4) is 12.3 Å². The number of nitrogens with zero attached hydrogens (tertiary/aromatic N) is 1. The maximum Gasteiger partial charge on any atom is 0.284 e. The second kappa shape index (κ2) is 4.23. The monoisotopic (exact) mass is 294 g/mol. The summed E-state index contributed by atoms with van der Waals surface area (Å²) in [5.41, 5.74) is 7.78. The van der Waals surface area contributed by atoms with Crippen LogP contribution in [-0.4, -0.2) is 17.7 Å². The molecule has 1 fully saturated rings. The van der Waals surface area contributed by atoms with Crippen molar-refractivity contribution in [3.05, 3.63) is 21.7 Å². The molecule has 90 valence electrons. The van der Waals surface area contributed by atoms with Gasteiger partial charge >= 0.3 is 0 Å². The predicted molar refractivity (Wildman–Crippen MR) is 72.7 cm³/mol. The van der Waals surface area contributed by atoms with Crippen molar-refractivity contribution >= 4 is 22.0 Å². The number of hydrogen-bond donors (Lipinski definition) is 1. The maximum atomic E-state index is 5.65. The van der Waals surface area contributed by atoms with E-state index in [0.29, 0.717) is 0 Å². The normalized spacial score (nSPS) is 36.9. The number of halogens is 1. The lowest BCUT2D eigenvalue weighted by Gasteiger charge is -2.21. The Kier molecular flexibility index (Phi) is 3.05. The second-order valence-corrected chi connectivity index (χ2v) is 5.59. The van der Waals surface area contributed by atoms with Crippen LogP contribution in [0.25, 0.3) is 0 Å². The van der Waals surface area contributed by atoms with Crippen LogP contribution in [0.1, 0.15) is 26.7 Å². The van der Waals surface area contributed by atoms with Crippen LogP contribution in [0.3, 0.4) is 0 Å². The van der Waals surface area contributed by atoms with E-state index >= 15 is 0 Å². The van der Waals surface area contributed by atoms with Crippen LogP contribution in [0.5, 0.6) is 0 Å². The summed E-state index contributed by atoms with van der Waals surface area (Å²) >= 11 is 3.54. The second-order valence-electron chi connectivity index (χ2n) is 4.40. The van der Waals surface area contributed by atoms with E-state index < -0.39 is 5.54 Å². The average Bonchev–Trinajstić information content (AvgIpc) is 2.80. The predicted octanol–water partition coefficient (Wildman–Crippen LogP) is 2.48. The SMILES string of the molecule is C#CC1OC(N)=NC12CC(=CC)C(=C(C)Br)C2. The molecule has 0 aromatic heterocycles. The zero-order valence-electron chi connectivity index (χ0n) is 9.96. The van der Waals surface area contributed by atoms with E-state index in [4.69, 9.17) is 16.9 Å². The smallest absolute Gasteiger partial charge is 0.284 e. The molecule has 1 saturated carbocycles. The average molecular weight is 295 g/mol. The van der Waals surface area contributed by atoms with E-state index in [1.165, 1.54) is 11.1 Å². The number of hydrogen-bond acceptors (Lipinski definition) is 3. The highest BCUT2D eigenvalue weighted by molar-refractivity contribution is 9.11. The largest absolute Gasteiger partial charge is 0.446 e. The number of aliphatic imine (C=N–C) groups is 1. The lowest BCUT2D eigenvalue weighted by Crippen LogP contribution is -2.34. The van der Waals surface area contributed by atoms with Gasteiger partial charge < -0.3 is 10.5 Å². The van der Waals surface area contributed by atoms with E-state index in [-0.39, 0.29) is 12.1 Å². The van der Waals surface area contributed by atoms with E-state index in [9.17, 15) is 0 Å². The van der Waals surface area contributed by atoms with Gasteiger partial charge in [-0.25, -0.2) is 4.99 Å². The Bertz CT molecular complexity index is 480. The third-order valence-electron chi connectivity index (χ3n) is 3.34. The van der Waals surface area contributed by atoms with E-state index in [1.807, 2.05) is 13.8 Å². The van der Waals surface area contributed by atoms with Crippen LogP contribution in [-0.2, 0) is 4.74 Å². The molecule has 1 aliphatic carbocycles. The van der Waals surface area contributed by atoms with Gasteiger partial charge in [0.25, 0.3) is 6.02 Å². The maximum absolute atomic E-state index is 5.65. The Hall–Kier alpha value is -1.21. The van der Waals surface area contributed by atoms with Gasteiger partial charge in [0.2, 0.25) is 0 Å². The fraction of sp³-hybridized carbons (Fsp3) is 0.462. The van der Waals surface area contributed by atoms with Crippen LogP contribution in [0.4, 0.5) is 0 Å². The highest BCUT2D eigenvalue weighted by Crippen LogP contribution is 2.48. The summed E-state index contributed by atoms with van der Waals surface area (Å²) in [5.74, 6) is 2.65. The third kappa shape index (κ3) is 1.89. The van der Waals surface area contributed by atoms with E-state index in [0.717, 1.165) is 17.3 Å². The molecule has 0 amide bonds. The van der Waals surface area contributed by atoms with Crippen molar-refractivity contribution in [3.63, 3.8) is 0 Å². The highest BCUT2D eigenvalue weighted by atomic mass is 79.9. The van der Waals surface area contributed by atoms with Crippen LogP contribution in [0.15, 0.2) is 26.7 Å². The molecule has 1 heterocycles. The molecule has 1 spiro atoms. The van der Waals surface area contributed by atoms with Gasteiger partial charge in [-0.3, -0.25) is 0 Å². The van der Waals surface area contributed by atoms with Crippen molar-refractivity contribution in [2.45, 2.75) is 38.3 Å². The Morgan fingerprint density at radius 3 is 2.88 bits per heavy atom. The van der Waals surface area contributed by atoms with Gasteiger partial charge in [0.05, 0.1) is 0 Å². The Morgan fingerprint density at radius 1 is 1.71 bits per heavy atom. The van der Waals surface area contributed by atoms with E-state index in [1.54, 1.807) is 0 Å². The molecule has 0 saturated heterocycles. The number of rotatable bonds is 0. The quantitative estimate of drug-likeness (QED) is 0.698. The highest BCUT2D eigenvalue weighted by Gasteiger charge is 2.50. The summed E-state index contributed by atoms with van der Waals surface area (Å²) in [6.45, 7) is 4.06. The zero-order chi connectivity index (χ0) is 12.6. The number of allylic oxidation sites excluding steroid dienone is 2. The van der Waals surface area contributed by atoms with Gasteiger partial charge in [0, 0.05) is 12.8 Å². The number of ether oxygens (including phenoxy) is 1. The summed E-state index contributed by atoms with van der Waals surface area (Å²) in [5, 5.41) is 0. The van der Waals surface area contributed by atoms with Crippen molar-refractivity contribution in [2.24, 2.45) is 10.7 Å². The molecule has 2 atom stereocenters. The van der Waals surface area contributed by atoms with Gasteiger partial charge in [-0.2, -0.15) is 0 Å². The summed E-state index contributed by atoms with van der Waals surface area (Å²) < 4.78 is 6.52. The van der Waals surface area contributed by atoms with Gasteiger partial charge in [0.1, 0.15) is 5.54 Å². The van der Waals surface area contributed by atoms with Gasteiger partial charge in [-0.05, 0) is 29.5 Å². The van der Waals surface area contributed by atoms with Gasteiger partial charge in [0.15, 0.2) is 6.10 Å². The zero-order valence-corrected chi connectivity index (χ0v) is 11.5. The molecule has 17 heavy (non-hydrogen) atoms. The van der Waals surface area contributed by atoms with Gasteiger partial charge in [-0.15, -0.1) is 6.42 Å². The summed E-state index contributed by atoms with van der Waals surface area (Å²) in [4.78, 5) is 4.44. The summed E-state index contributed by atoms with van der Waals surface area (Å²) in [6, 6.07) is 0.205. The first-order valence-electron chi connectivity index (χ1n) is 5.51. The van der Waals surface area contributed by atoms with Crippen molar-refractivity contribution < 1.29 is 4.74 Å². The Labute approximate surface area is 110 Å². The molecule has 3 nitrogen and oxygen atoms in total. The molecule has 2 rings (SSSR count). The first-order chi connectivity index (χ1) is 8.02. The first kappa shape index (κ1) is 12.3. The molecule has 2 aliphatic rings. The number of terminal acetylenes is 1. The third-order valence-corrected chi connectivity index (χ3v) is 3.82. The molecule has 0 aromatic rings. The van der Waals surface area contributed by atoms with Crippen LogP contribution < -0.4 is 5.73 Å². The molecule has 2 N–H and O–H groups in total. The molecule has 0 bridgehead atoms. The number of nitrogens with two attached hydrogens (primary N) is 1. The van der Waals surface area contributed by atoms with Crippen LogP contribution in [0, 0.1) is 12.3 Å². The minimum absolute atomic E-state index is 0.205. The molecule has 2 unspecified atom stereocenters. The van der Waals surface area contributed by atoms with Crippen LogP contribution >= 0.6 is 15.9 Å². The summed E-state index contributed by atoms with van der Waals surface area (Å²) in [7, 11) is 0.